The summed E-state index contributed by atoms with van der Waals surface area (Å²) < 4.78 is 0. The molecule has 3 aromatic rings. The van der Waals surface area contributed by atoms with Gasteiger partial charge in [-0.1, -0.05) is 194 Å². The van der Waals surface area contributed by atoms with E-state index in [9.17, 15) is 0 Å². The van der Waals surface area contributed by atoms with E-state index in [4.69, 9.17) is 0 Å². The third kappa shape index (κ3) is 21.5. The Balaban J connectivity index is 0.000000375. The van der Waals surface area contributed by atoms with Gasteiger partial charge in [0, 0.05) is 23.8 Å². The molecule has 3 heteroatoms. The molecule has 3 heterocycles. The fraction of sp³-hybridized carbons (Fsp3) is 0.719. The number of piperidine rings is 1. The molecule has 0 amide bonds. The summed E-state index contributed by atoms with van der Waals surface area (Å²) in [6.45, 7) is 47.8. The summed E-state index contributed by atoms with van der Waals surface area (Å²) >= 11 is 0. The van der Waals surface area contributed by atoms with Crippen LogP contribution < -0.4 is 5.32 Å². The van der Waals surface area contributed by atoms with Crippen LogP contribution in [0.2, 0.25) is 0 Å². The molecule has 1 N–H and O–H groups in total. The van der Waals surface area contributed by atoms with E-state index < -0.39 is 0 Å². The second-order valence-corrected chi connectivity index (χ2v) is 21.7. The molecule has 1 aliphatic heterocycles. The molecule has 5 rings (SSSR count). The molecule has 0 radical (unpaired) electrons. The quantitative estimate of drug-likeness (QED) is 0.221. The van der Waals surface area contributed by atoms with E-state index in [0.717, 1.165) is 47.3 Å². The van der Waals surface area contributed by atoms with Gasteiger partial charge >= 0.3 is 0 Å². The molecule has 4 atom stereocenters. The first-order chi connectivity index (χ1) is 28.0. The van der Waals surface area contributed by atoms with Gasteiger partial charge in [0.1, 0.15) is 0 Å². The Morgan fingerprint density at radius 3 is 1.08 bits per heavy atom. The first-order valence-corrected chi connectivity index (χ1v) is 24.8. The first kappa shape index (κ1) is 55.5. The molecule has 1 saturated carbocycles. The van der Waals surface area contributed by atoms with Crippen molar-refractivity contribution in [3.05, 3.63) is 94.6 Å². The van der Waals surface area contributed by atoms with Crippen LogP contribution in [0.1, 0.15) is 240 Å². The second kappa shape index (κ2) is 29.0. The lowest BCUT2D eigenvalue weighted by Crippen LogP contribution is -2.40. The molecule has 4 unspecified atom stereocenters. The Bertz CT molecular complexity index is 1270. The molecule has 342 valence electrons. The summed E-state index contributed by atoms with van der Waals surface area (Å²) in [5.74, 6) is 10.9. The standard InChI is InChI=1S/C12H24.C12H18.C11H23N.2C11H17N/c2*1-9(2)11-6-5-7-12(8-11)10(3)4;2*1-8(2)10-5-11(9(3)4)7-12-6-10;1-8(2)10-6-5-7-11(12-10)9(3)4/h9-12H,5-8H2,1-4H3;5-10H,1-4H3;8-12H,5-7H2,1-4H3;2*5-9H,1-4H3. The highest BCUT2D eigenvalue weighted by atomic mass is 14.9. The predicted octanol–water partition coefficient (Wildman–Crippen LogP) is 17.2. The summed E-state index contributed by atoms with van der Waals surface area (Å²) in [5.41, 5.74) is 7.95. The Labute approximate surface area is 375 Å². The van der Waals surface area contributed by atoms with Crippen molar-refractivity contribution in [1.29, 1.82) is 0 Å². The van der Waals surface area contributed by atoms with E-state index in [1.165, 1.54) is 78.8 Å². The van der Waals surface area contributed by atoms with Gasteiger partial charge in [-0.15, -0.1) is 0 Å². The molecule has 1 aliphatic carbocycles. The van der Waals surface area contributed by atoms with Gasteiger partial charge in [0.2, 0.25) is 0 Å². The number of pyridine rings is 2. The maximum absolute atomic E-state index is 4.57. The van der Waals surface area contributed by atoms with Gasteiger partial charge in [-0.05, 0) is 143 Å². The van der Waals surface area contributed by atoms with E-state index in [1.807, 2.05) is 12.4 Å². The van der Waals surface area contributed by atoms with Crippen molar-refractivity contribution >= 4 is 0 Å². The number of benzene rings is 1. The van der Waals surface area contributed by atoms with Crippen LogP contribution in [0, 0.1) is 47.3 Å². The summed E-state index contributed by atoms with van der Waals surface area (Å²) in [5, 5.41) is 3.55. The highest BCUT2D eigenvalue weighted by Crippen LogP contribution is 2.37. The number of nitrogens with zero attached hydrogens (tertiary/aromatic N) is 2. The molecule has 0 spiro atoms. The van der Waals surface area contributed by atoms with E-state index >= 15 is 0 Å². The molecule has 3 nitrogen and oxygen atoms in total. The van der Waals surface area contributed by atoms with Gasteiger partial charge < -0.3 is 5.32 Å². The maximum Gasteiger partial charge on any atom is 0.0432 e. The van der Waals surface area contributed by atoms with Crippen LogP contribution in [0.25, 0.3) is 0 Å². The summed E-state index contributed by atoms with van der Waals surface area (Å²) in [4.78, 5) is 8.80. The van der Waals surface area contributed by atoms with E-state index in [-0.39, 0.29) is 0 Å². The predicted molar refractivity (Wildman–Crippen MR) is 269 cm³/mol. The van der Waals surface area contributed by atoms with Crippen LogP contribution in [0.15, 0.2) is 60.9 Å². The fourth-order valence-corrected chi connectivity index (χ4v) is 8.00. The Hall–Kier alpha value is -2.52. The summed E-state index contributed by atoms with van der Waals surface area (Å²) in [6, 6.07) is 17.4. The Morgan fingerprint density at radius 1 is 0.417 bits per heavy atom. The van der Waals surface area contributed by atoms with E-state index in [2.05, 4.69) is 202 Å². The average Bonchev–Trinajstić information content (AvgIpc) is 3.21. The molecular formula is C57H99N3. The molecule has 2 fully saturated rings. The van der Waals surface area contributed by atoms with Crippen LogP contribution in [-0.4, -0.2) is 23.1 Å². The topological polar surface area (TPSA) is 37.8 Å². The van der Waals surface area contributed by atoms with Crippen LogP contribution in [0.3, 0.4) is 0 Å². The first-order valence-electron chi connectivity index (χ1n) is 24.8. The summed E-state index contributed by atoms with van der Waals surface area (Å²) in [6.07, 6.45) is 11.3. The Morgan fingerprint density at radius 2 is 0.750 bits per heavy atom. The molecule has 1 saturated heterocycles. The number of hydrogen-bond acceptors (Lipinski definition) is 3. The zero-order valence-electron chi connectivity index (χ0n) is 43.2. The normalized spacial score (nSPS) is 19.3. The van der Waals surface area contributed by atoms with Gasteiger partial charge in [0.15, 0.2) is 0 Å². The van der Waals surface area contributed by atoms with Crippen molar-refractivity contribution in [2.24, 2.45) is 47.3 Å². The van der Waals surface area contributed by atoms with Gasteiger partial charge in [0.05, 0.1) is 0 Å². The molecule has 1 aromatic carbocycles. The second-order valence-electron chi connectivity index (χ2n) is 21.7. The number of nitrogens with one attached hydrogen (secondary N) is 1. The highest BCUT2D eigenvalue weighted by Gasteiger charge is 2.26. The maximum atomic E-state index is 4.57. The zero-order valence-corrected chi connectivity index (χ0v) is 43.2. The van der Waals surface area contributed by atoms with Crippen LogP contribution in [0.5, 0.6) is 0 Å². The van der Waals surface area contributed by atoms with E-state index in [1.54, 1.807) is 0 Å². The molecular weight excluding hydrogens is 727 g/mol. The van der Waals surface area contributed by atoms with Crippen molar-refractivity contribution in [3.8, 4) is 0 Å². The van der Waals surface area contributed by atoms with Crippen molar-refractivity contribution in [1.82, 2.24) is 15.3 Å². The molecule has 2 aromatic heterocycles. The third-order valence-corrected chi connectivity index (χ3v) is 13.3. The monoisotopic (exact) mass is 826 g/mol. The molecule has 0 bridgehead atoms. The Kier molecular flexibility index (Phi) is 26.8. The lowest BCUT2D eigenvalue weighted by atomic mass is 9.72. The third-order valence-electron chi connectivity index (χ3n) is 13.3. The lowest BCUT2D eigenvalue weighted by molar-refractivity contribution is 0.177. The van der Waals surface area contributed by atoms with Crippen LogP contribution >= 0.6 is 0 Å². The highest BCUT2D eigenvalue weighted by molar-refractivity contribution is 5.27. The van der Waals surface area contributed by atoms with Gasteiger partial charge in [-0.3, -0.25) is 9.97 Å². The SMILES string of the molecule is CC(C)C1CCCC(C(C)C)C1.CC(C)C1CNCC(C(C)C)C1.CC(C)c1cccc(C(C)C)c1.CC(C)c1cccc(C(C)C)n1.CC(C)c1cncc(C(C)C)c1. The van der Waals surface area contributed by atoms with Gasteiger partial charge in [-0.2, -0.15) is 0 Å². The summed E-state index contributed by atoms with van der Waals surface area (Å²) in [7, 11) is 0. The number of hydrogen-bond donors (Lipinski definition) is 1. The largest absolute Gasteiger partial charge is 0.316 e. The molecule has 60 heavy (non-hydrogen) atoms. The average molecular weight is 826 g/mol. The smallest absolute Gasteiger partial charge is 0.0432 e. The minimum absolute atomic E-state index is 0.531. The minimum atomic E-state index is 0.531. The van der Waals surface area contributed by atoms with Gasteiger partial charge in [-0.25, -0.2) is 0 Å². The lowest BCUT2D eigenvalue weighted by Gasteiger charge is -2.34. The van der Waals surface area contributed by atoms with Crippen LogP contribution in [0.4, 0.5) is 0 Å². The van der Waals surface area contributed by atoms with Crippen molar-refractivity contribution in [3.63, 3.8) is 0 Å². The van der Waals surface area contributed by atoms with Gasteiger partial charge in [0.25, 0.3) is 0 Å². The number of rotatable bonds is 10. The zero-order chi connectivity index (χ0) is 45.7. The number of aromatic nitrogens is 2. The minimum Gasteiger partial charge on any atom is -0.316 e. The van der Waals surface area contributed by atoms with Crippen molar-refractivity contribution in [2.75, 3.05) is 13.1 Å². The van der Waals surface area contributed by atoms with Crippen molar-refractivity contribution in [2.45, 2.75) is 206 Å². The van der Waals surface area contributed by atoms with Crippen molar-refractivity contribution < 1.29 is 0 Å². The fourth-order valence-electron chi connectivity index (χ4n) is 8.00. The molecule has 2 aliphatic rings. The van der Waals surface area contributed by atoms with Crippen LogP contribution in [-0.2, 0) is 0 Å². The van der Waals surface area contributed by atoms with E-state index in [0.29, 0.717) is 35.5 Å².